The van der Waals surface area contributed by atoms with Crippen LogP contribution in [-0.2, 0) is 0 Å². The molecule has 0 bridgehead atoms. The molecule has 0 aliphatic heterocycles. The number of anilines is 3. The van der Waals surface area contributed by atoms with Crippen molar-refractivity contribution in [2.24, 2.45) is 0 Å². The standard InChI is InChI=1S/C20H18ClN3O2/c1-2-26-16-10-7-14(8-11-16)23-15-9-12-19(22-13-15)24-20(25)17-5-3-4-6-18(17)21/h3-13,23H,2H2,1H3,(H,22,24,25). The summed E-state index contributed by atoms with van der Waals surface area (Å²) in [6.45, 7) is 2.59. The summed E-state index contributed by atoms with van der Waals surface area (Å²) in [5.41, 5.74) is 2.14. The summed E-state index contributed by atoms with van der Waals surface area (Å²) in [7, 11) is 0. The van der Waals surface area contributed by atoms with Crippen LogP contribution in [0.2, 0.25) is 5.02 Å². The third kappa shape index (κ3) is 4.52. The molecule has 3 aromatic rings. The van der Waals surface area contributed by atoms with Crippen molar-refractivity contribution in [3.63, 3.8) is 0 Å². The lowest BCUT2D eigenvalue weighted by molar-refractivity contribution is 0.102. The molecule has 0 fully saturated rings. The number of hydrogen-bond acceptors (Lipinski definition) is 4. The van der Waals surface area contributed by atoms with E-state index < -0.39 is 0 Å². The Morgan fingerprint density at radius 1 is 1.04 bits per heavy atom. The van der Waals surface area contributed by atoms with Crippen LogP contribution in [0.1, 0.15) is 17.3 Å². The summed E-state index contributed by atoms with van der Waals surface area (Å²) < 4.78 is 5.42. The zero-order valence-corrected chi connectivity index (χ0v) is 15.0. The Labute approximate surface area is 157 Å². The van der Waals surface area contributed by atoms with Gasteiger partial charge in [-0.2, -0.15) is 0 Å². The number of nitrogens with zero attached hydrogens (tertiary/aromatic N) is 1. The first-order valence-corrected chi connectivity index (χ1v) is 8.55. The highest BCUT2D eigenvalue weighted by molar-refractivity contribution is 6.34. The quantitative estimate of drug-likeness (QED) is 0.634. The zero-order valence-electron chi connectivity index (χ0n) is 14.2. The molecule has 2 aromatic carbocycles. The Morgan fingerprint density at radius 3 is 2.42 bits per heavy atom. The van der Waals surface area contributed by atoms with Gasteiger partial charge in [0.2, 0.25) is 0 Å². The predicted octanol–water partition coefficient (Wildman–Crippen LogP) is 5.13. The second-order valence-electron chi connectivity index (χ2n) is 5.45. The van der Waals surface area contributed by atoms with E-state index >= 15 is 0 Å². The van der Waals surface area contributed by atoms with E-state index in [1.54, 1.807) is 36.5 Å². The summed E-state index contributed by atoms with van der Waals surface area (Å²) >= 11 is 6.03. The first-order valence-electron chi connectivity index (χ1n) is 8.17. The number of aromatic nitrogens is 1. The highest BCUT2D eigenvalue weighted by Crippen LogP contribution is 2.21. The maximum Gasteiger partial charge on any atom is 0.258 e. The van der Waals surface area contributed by atoms with Gasteiger partial charge in [-0.15, -0.1) is 0 Å². The summed E-state index contributed by atoms with van der Waals surface area (Å²) in [5.74, 6) is 0.983. The van der Waals surface area contributed by atoms with Crippen LogP contribution in [0.15, 0.2) is 66.9 Å². The molecule has 1 heterocycles. The lowest BCUT2D eigenvalue weighted by Crippen LogP contribution is -2.13. The second kappa shape index (κ2) is 8.36. The molecule has 5 nitrogen and oxygen atoms in total. The number of halogens is 1. The molecule has 1 aromatic heterocycles. The molecule has 2 N–H and O–H groups in total. The normalized spacial score (nSPS) is 10.2. The highest BCUT2D eigenvalue weighted by atomic mass is 35.5. The van der Waals surface area contributed by atoms with Gasteiger partial charge in [0.1, 0.15) is 11.6 Å². The third-order valence-electron chi connectivity index (χ3n) is 3.58. The van der Waals surface area contributed by atoms with Crippen molar-refractivity contribution >= 4 is 34.7 Å². The van der Waals surface area contributed by atoms with Crippen LogP contribution in [0.5, 0.6) is 5.75 Å². The Kier molecular flexibility index (Phi) is 5.71. The molecule has 0 saturated heterocycles. The van der Waals surface area contributed by atoms with Crippen molar-refractivity contribution in [3.8, 4) is 5.75 Å². The van der Waals surface area contributed by atoms with Crippen molar-refractivity contribution in [1.82, 2.24) is 4.98 Å². The third-order valence-corrected chi connectivity index (χ3v) is 3.91. The van der Waals surface area contributed by atoms with E-state index in [9.17, 15) is 4.79 Å². The number of nitrogens with one attached hydrogen (secondary N) is 2. The number of hydrogen-bond donors (Lipinski definition) is 2. The van der Waals surface area contributed by atoms with Crippen molar-refractivity contribution < 1.29 is 9.53 Å². The van der Waals surface area contributed by atoms with E-state index in [1.807, 2.05) is 37.3 Å². The van der Waals surface area contributed by atoms with Crippen molar-refractivity contribution in [3.05, 3.63) is 77.4 Å². The molecule has 0 aliphatic rings. The zero-order chi connectivity index (χ0) is 18.4. The topological polar surface area (TPSA) is 63.2 Å². The number of pyridine rings is 1. The number of benzene rings is 2. The number of amides is 1. The molecule has 0 aliphatic carbocycles. The van der Waals surface area contributed by atoms with E-state index in [2.05, 4.69) is 15.6 Å². The van der Waals surface area contributed by atoms with Crippen LogP contribution in [0.25, 0.3) is 0 Å². The minimum absolute atomic E-state index is 0.296. The lowest BCUT2D eigenvalue weighted by atomic mass is 10.2. The Morgan fingerprint density at radius 2 is 1.77 bits per heavy atom. The van der Waals surface area contributed by atoms with Crippen LogP contribution >= 0.6 is 11.6 Å². The van der Waals surface area contributed by atoms with Crippen LogP contribution in [-0.4, -0.2) is 17.5 Å². The molecule has 0 atom stereocenters. The molecular formula is C20H18ClN3O2. The summed E-state index contributed by atoms with van der Waals surface area (Å²) in [5, 5.41) is 6.38. The van der Waals surface area contributed by atoms with Gasteiger partial charge in [0.15, 0.2) is 0 Å². The number of carbonyl (C=O) groups is 1. The SMILES string of the molecule is CCOc1ccc(Nc2ccc(NC(=O)c3ccccc3Cl)nc2)cc1. The van der Waals surface area contributed by atoms with Crippen LogP contribution in [0, 0.1) is 0 Å². The van der Waals surface area contributed by atoms with Gasteiger partial charge < -0.3 is 15.4 Å². The average Bonchev–Trinajstić information content (AvgIpc) is 2.65. The molecule has 0 radical (unpaired) electrons. The van der Waals surface area contributed by atoms with Gasteiger partial charge in [0.05, 0.1) is 29.1 Å². The first kappa shape index (κ1) is 17.8. The minimum atomic E-state index is -0.296. The van der Waals surface area contributed by atoms with E-state index in [0.29, 0.717) is 23.0 Å². The molecule has 1 amide bonds. The van der Waals surface area contributed by atoms with Crippen LogP contribution in [0.4, 0.5) is 17.2 Å². The number of ether oxygens (including phenoxy) is 1. The van der Waals surface area contributed by atoms with E-state index in [-0.39, 0.29) is 5.91 Å². The van der Waals surface area contributed by atoms with Crippen LogP contribution < -0.4 is 15.4 Å². The molecule has 0 spiro atoms. The van der Waals surface area contributed by atoms with E-state index in [1.165, 1.54) is 0 Å². The van der Waals surface area contributed by atoms with Gasteiger partial charge in [0, 0.05) is 5.69 Å². The fourth-order valence-electron chi connectivity index (χ4n) is 2.34. The Balaban J connectivity index is 1.63. The van der Waals surface area contributed by atoms with Gasteiger partial charge in [-0.3, -0.25) is 4.79 Å². The smallest absolute Gasteiger partial charge is 0.258 e. The second-order valence-corrected chi connectivity index (χ2v) is 5.86. The van der Waals surface area contributed by atoms with Crippen molar-refractivity contribution in [2.75, 3.05) is 17.2 Å². The monoisotopic (exact) mass is 367 g/mol. The summed E-state index contributed by atoms with van der Waals surface area (Å²) in [4.78, 5) is 16.5. The summed E-state index contributed by atoms with van der Waals surface area (Å²) in [6.07, 6.45) is 1.65. The van der Waals surface area contributed by atoms with Crippen molar-refractivity contribution in [1.29, 1.82) is 0 Å². The number of carbonyl (C=O) groups excluding carboxylic acids is 1. The molecule has 132 valence electrons. The van der Waals surface area contributed by atoms with Gasteiger partial charge in [-0.25, -0.2) is 4.98 Å². The molecular weight excluding hydrogens is 350 g/mol. The van der Waals surface area contributed by atoms with Gasteiger partial charge in [0.25, 0.3) is 5.91 Å². The molecule has 6 heteroatoms. The fourth-order valence-corrected chi connectivity index (χ4v) is 2.56. The van der Waals surface area contributed by atoms with E-state index in [4.69, 9.17) is 16.3 Å². The summed E-state index contributed by atoms with van der Waals surface area (Å²) in [6, 6.07) is 18.1. The molecule has 0 saturated carbocycles. The molecule has 3 rings (SSSR count). The van der Waals surface area contributed by atoms with E-state index in [0.717, 1.165) is 17.1 Å². The van der Waals surface area contributed by atoms with Gasteiger partial charge in [-0.05, 0) is 55.5 Å². The lowest BCUT2D eigenvalue weighted by Gasteiger charge is -2.09. The maximum atomic E-state index is 12.2. The largest absolute Gasteiger partial charge is 0.494 e. The first-order chi connectivity index (χ1) is 12.7. The Hall–Kier alpha value is -3.05. The minimum Gasteiger partial charge on any atom is -0.494 e. The van der Waals surface area contributed by atoms with Crippen LogP contribution in [0.3, 0.4) is 0 Å². The number of rotatable bonds is 6. The molecule has 26 heavy (non-hydrogen) atoms. The van der Waals surface area contributed by atoms with Gasteiger partial charge in [-0.1, -0.05) is 23.7 Å². The Bertz CT molecular complexity index is 880. The fraction of sp³-hybridized carbons (Fsp3) is 0.100. The predicted molar refractivity (Wildman–Crippen MR) is 105 cm³/mol. The molecule has 0 unspecified atom stereocenters. The maximum absolute atomic E-state index is 12.2. The van der Waals surface area contributed by atoms with Crippen molar-refractivity contribution in [2.45, 2.75) is 6.92 Å². The average molecular weight is 368 g/mol. The van der Waals surface area contributed by atoms with Gasteiger partial charge >= 0.3 is 0 Å². The highest BCUT2D eigenvalue weighted by Gasteiger charge is 2.10.